The molecule has 0 spiro atoms. The molecule has 1 aliphatic rings. The molecule has 2 amide bonds. The molecule has 0 radical (unpaired) electrons. The van der Waals surface area contributed by atoms with Crippen LogP contribution < -0.4 is 10.6 Å². The quantitative estimate of drug-likeness (QED) is 0.399. The molecule has 10 heteroatoms. The van der Waals surface area contributed by atoms with Gasteiger partial charge in [-0.3, -0.25) is 0 Å². The van der Waals surface area contributed by atoms with Crippen molar-refractivity contribution in [2.45, 2.75) is 31.2 Å². The van der Waals surface area contributed by atoms with Gasteiger partial charge in [0.15, 0.2) is 0 Å². The number of amides is 2. The van der Waals surface area contributed by atoms with Crippen LogP contribution in [0.2, 0.25) is 5.02 Å². The first-order valence-electron chi connectivity index (χ1n) is 11.1. The molecule has 0 bridgehead atoms. The Kier molecular flexibility index (Phi) is 7.47. The van der Waals surface area contributed by atoms with Gasteiger partial charge in [-0.15, -0.1) is 0 Å². The van der Waals surface area contributed by atoms with E-state index in [0.717, 1.165) is 17.2 Å². The standard InChI is InChI=1S/C25H24ClF3N4O2/c26-21-12-17(25(27,28)29)14-30-23(21)31-15-19(34)13-22-20-9-5-4-6-16(20)10-11-33(22)24(35)32-18-7-2-1-3-8-18/h1-9,12,14,19,22,34H,10-11,13,15H2,(H,30,31)(H,32,35)/t19-,22+/m1/s1. The topological polar surface area (TPSA) is 77.5 Å². The van der Waals surface area contributed by atoms with Crippen LogP contribution in [0.1, 0.15) is 29.2 Å². The van der Waals surface area contributed by atoms with Crippen molar-refractivity contribution in [1.29, 1.82) is 0 Å². The van der Waals surface area contributed by atoms with E-state index in [2.05, 4.69) is 15.6 Å². The second-order valence-electron chi connectivity index (χ2n) is 8.28. The van der Waals surface area contributed by atoms with E-state index in [9.17, 15) is 23.1 Å². The smallest absolute Gasteiger partial charge is 0.391 e. The fourth-order valence-corrected chi connectivity index (χ4v) is 4.38. The highest BCUT2D eigenvalue weighted by Gasteiger charge is 2.33. The number of aliphatic hydroxyl groups is 1. The lowest BCUT2D eigenvalue weighted by molar-refractivity contribution is -0.137. The highest BCUT2D eigenvalue weighted by molar-refractivity contribution is 6.32. The molecule has 1 aromatic heterocycles. The van der Waals surface area contributed by atoms with Crippen LogP contribution in [-0.2, 0) is 12.6 Å². The van der Waals surface area contributed by atoms with Gasteiger partial charge in [-0.2, -0.15) is 13.2 Å². The van der Waals surface area contributed by atoms with E-state index >= 15 is 0 Å². The van der Waals surface area contributed by atoms with Crippen molar-refractivity contribution in [3.63, 3.8) is 0 Å². The summed E-state index contributed by atoms with van der Waals surface area (Å²) in [5.74, 6) is 0.0430. The molecule has 1 aliphatic heterocycles. The fraction of sp³-hybridized carbons (Fsp3) is 0.280. The van der Waals surface area contributed by atoms with Crippen molar-refractivity contribution >= 4 is 29.1 Å². The van der Waals surface area contributed by atoms with Crippen LogP contribution in [-0.4, -0.2) is 40.2 Å². The Morgan fingerprint density at radius 3 is 2.60 bits per heavy atom. The Morgan fingerprint density at radius 2 is 1.89 bits per heavy atom. The summed E-state index contributed by atoms with van der Waals surface area (Å²) in [4.78, 5) is 18.5. The molecule has 0 saturated carbocycles. The maximum Gasteiger partial charge on any atom is 0.417 e. The van der Waals surface area contributed by atoms with Crippen LogP contribution in [0.15, 0.2) is 66.9 Å². The van der Waals surface area contributed by atoms with Gasteiger partial charge in [0.2, 0.25) is 0 Å². The second-order valence-corrected chi connectivity index (χ2v) is 8.68. The molecule has 6 nitrogen and oxygen atoms in total. The van der Waals surface area contributed by atoms with Crippen LogP contribution in [0.25, 0.3) is 0 Å². The van der Waals surface area contributed by atoms with Gasteiger partial charge in [-0.05, 0) is 42.2 Å². The van der Waals surface area contributed by atoms with Gasteiger partial charge in [0, 0.05) is 25.0 Å². The largest absolute Gasteiger partial charge is 0.417 e. The maximum absolute atomic E-state index is 13.1. The highest BCUT2D eigenvalue weighted by atomic mass is 35.5. The summed E-state index contributed by atoms with van der Waals surface area (Å²) < 4.78 is 38.5. The van der Waals surface area contributed by atoms with Crippen LogP contribution in [0, 0.1) is 0 Å². The fourth-order valence-electron chi connectivity index (χ4n) is 4.14. The molecule has 3 N–H and O–H groups in total. The van der Waals surface area contributed by atoms with Crippen molar-refractivity contribution in [3.05, 3.63) is 88.6 Å². The average Bonchev–Trinajstić information content (AvgIpc) is 2.83. The first-order chi connectivity index (χ1) is 16.7. The molecule has 4 rings (SSSR count). The minimum Gasteiger partial charge on any atom is -0.391 e. The first kappa shape index (κ1) is 24.8. The van der Waals surface area contributed by atoms with Crippen LogP contribution in [0.5, 0.6) is 0 Å². The van der Waals surface area contributed by atoms with Gasteiger partial charge in [0.05, 0.1) is 22.7 Å². The lowest BCUT2D eigenvalue weighted by Crippen LogP contribution is -2.44. The van der Waals surface area contributed by atoms with Gasteiger partial charge in [-0.1, -0.05) is 54.1 Å². The summed E-state index contributed by atoms with van der Waals surface area (Å²) in [5, 5.41) is 16.3. The summed E-state index contributed by atoms with van der Waals surface area (Å²) in [6, 6.07) is 17.0. The van der Waals surface area contributed by atoms with Gasteiger partial charge in [0.1, 0.15) is 5.82 Å². The third kappa shape index (κ3) is 6.04. The number of aliphatic hydroxyl groups excluding tert-OH is 1. The Morgan fingerprint density at radius 1 is 1.17 bits per heavy atom. The molecule has 0 fully saturated rings. The number of hydrogen-bond acceptors (Lipinski definition) is 4. The molecule has 3 aromatic rings. The van der Waals surface area contributed by atoms with Crippen LogP contribution in [0.4, 0.5) is 29.5 Å². The van der Waals surface area contributed by atoms with Crippen molar-refractivity contribution < 1.29 is 23.1 Å². The van der Waals surface area contributed by atoms with Crippen molar-refractivity contribution in [2.24, 2.45) is 0 Å². The summed E-state index contributed by atoms with van der Waals surface area (Å²) in [6.07, 6.45) is -3.89. The highest BCUT2D eigenvalue weighted by Crippen LogP contribution is 2.35. The number of fused-ring (bicyclic) bond motifs is 1. The minimum absolute atomic E-state index is 0.00903. The Hall–Kier alpha value is -3.30. The number of urea groups is 1. The minimum atomic E-state index is -4.55. The van der Waals surface area contributed by atoms with Gasteiger partial charge in [0.25, 0.3) is 0 Å². The van der Waals surface area contributed by atoms with Crippen LogP contribution in [0.3, 0.4) is 0 Å². The number of nitrogens with one attached hydrogen (secondary N) is 2. The van der Waals surface area contributed by atoms with E-state index < -0.39 is 23.9 Å². The Bertz CT molecular complexity index is 1180. The van der Waals surface area contributed by atoms with E-state index in [1.165, 1.54) is 0 Å². The van der Waals surface area contributed by atoms with Crippen molar-refractivity contribution in [1.82, 2.24) is 9.88 Å². The molecule has 0 saturated heterocycles. The van der Waals surface area contributed by atoms with Crippen molar-refractivity contribution in [2.75, 3.05) is 23.7 Å². The van der Waals surface area contributed by atoms with Crippen molar-refractivity contribution in [3.8, 4) is 0 Å². The molecule has 2 atom stereocenters. The number of carbonyl (C=O) groups is 1. The lowest BCUT2D eigenvalue weighted by atomic mass is 9.89. The number of alkyl halides is 3. The lowest BCUT2D eigenvalue weighted by Gasteiger charge is -2.38. The van der Waals surface area contributed by atoms with E-state index in [0.29, 0.717) is 24.8 Å². The molecule has 184 valence electrons. The molecule has 0 unspecified atom stereocenters. The first-order valence-corrected chi connectivity index (χ1v) is 11.5. The van der Waals surface area contributed by atoms with Crippen LogP contribution >= 0.6 is 11.6 Å². The molecule has 0 aliphatic carbocycles. The van der Waals surface area contributed by atoms with E-state index in [4.69, 9.17) is 11.6 Å². The van der Waals surface area contributed by atoms with Gasteiger partial charge < -0.3 is 20.6 Å². The zero-order valence-corrected chi connectivity index (χ0v) is 19.4. The number of hydrogen-bond donors (Lipinski definition) is 3. The molecule has 2 heterocycles. The number of nitrogens with zero attached hydrogens (tertiary/aromatic N) is 2. The molecule has 2 aromatic carbocycles. The number of aromatic nitrogens is 1. The summed E-state index contributed by atoms with van der Waals surface area (Å²) in [5.41, 5.74) is 1.77. The normalized spacial score (nSPS) is 16.4. The monoisotopic (exact) mass is 504 g/mol. The SMILES string of the molecule is O=C(Nc1ccccc1)N1CCc2ccccc2[C@@H]1C[C@@H](O)CNc1ncc(C(F)(F)F)cc1Cl. The zero-order valence-electron chi connectivity index (χ0n) is 18.6. The van der Waals surface area contributed by atoms with E-state index in [1.54, 1.807) is 17.0 Å². The Balaban J connectivity index is 1.47. The van der Waals surface area contributed by atoms with E-state index in [1.807, 2.05) is 42.5 Å². The predicted molar refractivity (Wildman–Crippen MR) is 128 cm³/mol. The zero-order chi connectivity index (χ0) is 25.0. The van der Waals surface area contributed by atoms with Gasteiger partial charge in [-0.25, -0.2) is 9.78 Å². The predicted octanol–water partition coefficient (Wildman–Crippen LogP) is 5.75. The number of benzene rings is 2. The molecule has 35 heavy (non-hydrogen) atoms. The maximum atomic E-state index is 13.1. The molecular weight excluding hydrogens is 481 g/mol. The summed E-state index contributed by atoms with van der Waals surface area (Å²) in [7, 11) is 0. The summed E-state index contributed by atoms with van der Waals surface area (Å²) in [6.45, 7) is 0.470. The number of rotatable bonds is 6. The van der Waals surface area contributed by atoms with Gasteiger partial charge >= 0.3 is 12.2 Å². The second kappa shape index (κ2) is 10.5. The average molecular weight is 505 g/mol. The third-order valence-electron chi connectivity index (χ3n) is 5.87. The summed E-state index contributed by atoms with van der Waals surface area (Å²) >= 11 is 5.95. The number of halogens is 4. The number of para-hydroxylation sites is 1. The molecular formula is C25H24ClF3N4O2. The third-order valence-corrected chi connectivity index (χ3v) is 6.16. The number of pyridine rings is 1. The number of carbonyl (C=O) groups excluding carboxylic acids is 1. The number of anilines is 2. The van der Waals surface area contributed by atoms with E-state index in [-0.39, 0.29) is 29.8 Å². The Labute approximate surface area is 205 Å².